The summed E-state index contributed by atoms with van der Waals surface area (Å²) in [6.45, 7) is 3.73. The highest BCUT2D eigenvalue weighted by atomic mass is 16.6. The number of nitrogens with zero attached hydrogens (tertiary/aromatic N) is 2. The number of nitro groups is 1. The second kappa shape index (κ2) is 6.11. The lowest BCUT2D eigenvalue weighted by molar-refractivity contribution is -0.384. The molecule has 3 rings (SSSR count). The molecule has 0 bridgehead atoms. The molecular weight excluding hydrogens is 308 g/mol. The molecule has 0 saturated heterocycles. The van der Waals surface area contributed by atoms with Gasteiger partial charge in [-0.2, -0.15) is 0 Å². The Labute approximate surface area is 137 Å². The zero-order chi connectivity index (χ0) is 17.3. The highest BCUT2D eigenvalue weighted by molar-refractivity contribution is 5.94. The summed E-state index contributed by atoms with van der Waals surface area (Å²) in [5.41, 5.74) is 2.76. The number of H-pyrrole nitrogens is 1. The summed E-state index contributed by atoms with van der Waals surface area (Å²) in [7, 11) is 0. The topological polar surface area (TPSA) is 101 Å². The van der Waals surface area contributed by atoms with Crippen molar-refractivity contribution in [3.05, 3.63) is 69.5 Å². The van der Waals surface area contributed by atoms with Crippen molar-refractivity contribution in [1.29, 1.82) is 0 Å². The SMILES string of the molecule is Cc1cccc(C(=O)NC(C)c2nc3ccc([N+](=O)[O-])cc3[nH]2)c1. The summed E-state index contributed by atoms with van der Waals surface area (Å²) in [5.74, 6) is 0.351. The molecule has 1 heterocycles. The van der Waals surface area contributed by atoms with Gasteiger partial charge < -0.3 is 10.3 Å². The Morgan fingerprint density at radius 2 is 2.08 bits per heavy atom. The van der Waals surface area contributed by atoms with E-state index in [-0.39, 0.29) is 17.6 Å². The Balaban J connectivity index is 1.82. The van der Waals surface area contributed by atoms with E-state index >= 15 is 0 Å². The zero-order valence-electron chi connectivity index (χ0n) is 13.2. The average Bonchev–Trinajstić information content (AvgIpc) is 2.98. The van der Waals surface area contributed by atoms with Crippen molar-refractivity contribution >= 4 is 22.6 Å². The Hall–Kier alpha value is -3.22. The van der Waals surface area contributed by atoms with Crippen LogP contribution in [0.5, 0.6) is 0 Å². The monoisotopic (exact) mass is 324 g/mol. The van der Waals surface area contributed by atoms with E-state index in [2.05, 4.69) is 15.3 Å². The fourth-order valence-electron chi connectivity index (χ4n) is 2.47. The molecule has 1 atom stereocenters. The van der Waals surface area contributed by atoms with Crippen LogP contribution in [0, 0.1) is 17.0 Å². The second-order valence-corrected chi connectivity index (χ2v) is 5.65. The molecule has 0 aliphatic rings. The number of aryl methyl sites for hydroxylation is 1. The first-order valence-corrected chi connectivity index (χ1v) is 7.45. The van der Waals surface area contributed by atoms with Crippen LogP contribution >= 0.6 is 0 Å². The van der Waals surface area contributed by atoms with Crippen LogP contribution in [-0.2, 0) is 0 Å². The number of hydrogen-bond acceptors (Lipinski definition) is 4. The molecule has 0 aliphatic carbocycles. The molecule has 0 fully saturated rings. The van der Waals surface area contributed by atoms with Gasteiger partial charge in [0.25, 0.3) is 11.6 Å². The normalized spacial score (nSPS) is 12.1. The average molecular weight is 324 g/mol. The minimum Gasteiger partial charge on any atom is -0.342 e. The van der Waals surface area contributed by atoms with E-state index in [9.17, 15) is 14.9 Å². The molecular formula is C17H16N4O3. The summed E-state index contributed by atoms with van der Waals surface area (Å²) in [6, 6.07) is 11.4. The lowest BCUT2D eigenvalue weighted by atomic mass is 10.1. The van der Waals surface area contributed by atoms with Gasteiger partial charge in [-0.1, -0.05) is 17.7 Å². The molecule has 7 nitrogen and oxygen atoms in total. The van der Waals surface area contributed by atoms with Crippen molar-refractivity contribution in [2.24, 2.45) is 0 Å². The minimum absolute atomic E-state index is 0.00542. The fraction of sp³-hybridized carbons (Fsp3) is 0.176. The first-order valence-electron chi connectivity index (χ1n) is 7.45. The molecule has 0 aliphatic heterocycles. The Morgan fingerprint density at radius 3 is 2.79 bits per heavy atom. The molecule has 0 saturated carbocycles. The van der Waals surface area contributed by atoms with Gasteiger partial charge in [-0.3, -0.25) is 14.9 Å². The molecule has 1 amide bonds. The van der Waals surface area contributed by atoms with E-state index in [1.807, 2.05) is 25.1 Å². The van der Waals surface area contributed by atoms with Gasteiger partial charge in [-0.05, 0) is 32.0 Å². The number of carbonyl (C=O) groups excluding carboxylic acids is 1. The van der Waals surface area contributed by atoms with E-state index in [4.69, 9.17) is 0 Å². The third-order valence-electron chi connectivity index (χ3n) is 3.73. The number of benzene rings is 2. The molecule has 1 aromatic heterocycles. The predicted octanol–water partition coefficient (Wildman–Crippen LogP) is 3.27. The molecule has 24 heavy (non-hydrogen) atoms. The highest BCUT2D eigenvalue weighted by Crippen LogP contribution is 2.21. The van der Waals surface area contributed by atoms with Crippen molar-refractivity contribution in [2.45, 2.75) is 19.9 Å². The summed E-state index contributed by atoms with van der Waals surface area (Å²) in [6.07, 6.45) is 0. The van der Waals surface area contributed by atoms with Gasteiger partial charge in [-0.25, -0.2) is 4.98 Å². The molecule has 0 spiro atoms. The largest absolute Gasteiger partial charge is 0.342 e. The van der Waals surface area contributed by atoms with Gasteiger partial charge >= 0.3 is 0 Å². The molecule has 2 aromatic carbocycles. The summed E-state index contributed by atoms with van der Waals surface area (Å²) in [4.78, 5) is 30.1. The van der Waals surface area contributed by atoms with Gasteiger partial charge in [0, 0.05) is 17.7 Å². The zero-order valence-corrected chi connectivity index (χ0v) is 13.2. The van der Waals surface area contributed by atoms with Crippen LogP contribution in [-0.4, -0.2) is 20.8 Å². The van der Waals surface area contributed by atoms with Crippen LogP contribution < -0.4 is 5.32 Å². The van der Waals surface area contributed by atoms with E-state index in [0.29, 0.717) is 22.4 Å². The van der Waals surface area contributed by atoms with Crippen molar-refractivity contribution in [1.82, 2.24) is 15.3 Å². The van der Waals surface area contributed by atoms with E-state index in [1.54, 1.807) is 19.1 Å². The quantitative estimate of drug-likeness (QED) is 0.568. The second-order valence-electron chi connectivity index (χ2n) is 5.65. The van der Waals surface area contributed by atoms with Crippen molar-refractivity contribution in [3.63, 3.8) is 0 Å². The van der Waals surface area contributed by atoms with Gasteiger partial charge in [0.05, 0.1) is 22.0 Å². The van der Waals surface area contributed by atoms with Crippen LogP contribution in [0.3, 0.4) is 0 Å². The van der Waals surface area contributed by atoms with Crippen molar-refractivity contribution < 1.29 is 9.72 Å². The van der Waals surface area contributed by atoms with Crippen LogP contribution in [0.15, 0.2) is 42.5 Å². The fourth-order valence-corrected chi connectivity index (χ4v) is 2.47. The maximum Gasteiger partial charge on any atom is 0.271 e. The third-order valence-corrected chi connectivity index (χ3v) is 3.73. The van der Waals surface area contributed by atoms with Gasteiger partial charge in [-0.15, -0.1) is 0 Å². The third kappa shape index (κ3) is 3.10. The number of non-ortho nitro benzene ring substituents is 1. The van der Waals surface area contributed by atoms with E-state index in [1.165, 1.54) is 12.1 Å². The number of imidazole rings is 1. The molecule has 122 valence electrons. The van der Waals surface area contributed by atoms with E-state index < -0.39 is 4.92 Å². The minimum atomic E-state index is -0.455. The standard InChI is InChI=1S/C17H16N4O3/c1-10-4-3-5-12(8-10)17(22)18-11(2)16-19-14-7-6-13(21(23)24)9-15(14)20-16/h3-9,11H,1-2H3,(H,18,22)(H,19,20). The molecule has 7 heteroatoms. The number of fused-ring (bicyclic) bond motifs is 1. The Bertz CT molecular complexity index is 932. The summed E-state index contributed by atoms with van der Waals surface area (Å²) in [5, 5.41) is 13.7. The maximum atomic E-state index is 12.3. The number of nitro benzene ring substituents is 1. The van der Waals surface area contributed by atoms with Crippen LogP contribution in [0.4, 0.5) is 5.69 Å². The number of rotatable bonds is 4. The Kier molecular flexibility index (Phi) is 3.99. The molecule has 2 N–H and O–H groups in total. The van der Waals surface area contributed by atoms with Gasteiger partial charge in [0.2, 0.25) is 0 Å². The smallest absolute Gasteiger partial charge is 0.271 e. The highest BCUT2D eigenvalue weighted by Gasteiger charge is 2.16. The first-order chi connectivity index (χ1) is 11.4. The first kappa shape index (κ1) is 15.7. The predicted molar refractivity (Wildman–Crippen MR) is 89.8 cm³/mol. The Morgan fingerprint density at radius 1 is 1.29 bits per heavy atom. The van der Waals surface area contributed by atoms with Crippen molar-refractivity contribution in [2.75, 3.05) is 0 Å². The van der Waals surface area contributed by atoms with Crippen LogP contribution in [0.2, 0.25) is 0 Å². The molecule has 1 unspecified atom stereocenters. The summed E-state index contributed by atoms with van der Waals surface area (Å²) >= 11 is 0. The number of aromatic amines is 1. The molecule has 3 aromatic rings. The van der Waals surface area contributed by atoms with E-state index in [0.717, 1.165) is 5.56 Å². The van der Waals surface area contributed by atoms with Gasteiger partial charge in [0.15, 0.2) is 0 Å². The number of aromatic nitrogens is 2. The lowest BCUT2D eigenvalue weighted by Crippen LogP contribution is -2.27. The maximum absolute atomic E-state index is 12.3. The molecule has 0 radical (unpaired) electrons. The number of amides is 1. The summed E-state index contributed by atoms with van der Waals surface area (Å²) < 4.78 is 0. The van der Waals surface area contributed by atoms with Crippen LogP contribution in [0.25, 0.3) is 11.0 Å². The number of nitrogens with one attached hydrogen (secondary N) is 2. The lowest BCUT2D eigenvalue weighted by Gasteiger charge is -2.11. The number of hydrogen-bond donors (Lipinski definition) is 2. The van der Waals surface area contributed by atoms with Crippen LogP contribution in [0.1, 0.15) is 34.7 Å². The van der Waals surface area contributed by atoms with Crippen molar-refractivity contribution in [3.8, 4) is 0 Å². The number of carbonyl (C=O) groups is 1. The van der Waals surface area contributed by atoms with Gasteiger partial charge in [0.1, 0.15) is 5.82 Å².